The van der Waals surface area contributed by atoms with Crippen LogP contribution in [0.1, 0.15) is 22.8 Å². The van der Waals surface area contributed by atoms with Gasteiger partial charge in [-0.2, -0.15) is 0 Å². The van der Waals surface area contributed by atoms with Gasteiger partial charge in [-0.05, 0) is 79.2 Å². The molecule has 0 unspecified atom stereocenters. The molecule has 142 valence electrons. The van der Waals surface area contributed by atoms with Crippen molar-refractivity contribution in [2.24, 2.45) is 0 Å². The van der Waals surface area contributed by atoms with Gasteiger partial charge in [0.05, 0.1) is 6.61 Å². The van der Waals surface area contributed by atoms with Crippen molar-refractivity contribution in [3.8, 4) is 5.75 Å². The molecule has 0 radical (unpaired) electrons. The van der Waals surface area contributed by atoms with Gasteiger partial charge in [-0.25, -0.2) is 0 Å². The molecule has 0 saturated heterocycles. The fourth-order valence-corrected chi connectivity index (χ4v) is 2.90. The second kappa shape index (κ2) is 9.25. The number of anilines is 2. The number of carbonyl (C=O) groups is 1. The molecule has 0 bridgehead atoms. The summed E-state index contributed by atoms with van der Waals surface area (Å²) in [5.74, 6) is 0.817. The van der Waals surface area contributed by atoms with Gasteiger partial charge in [-0.15, -0.1) is 0 Å². The topological polar surface area (TPSA) is 29.5 Å². The molecule has 28 heavy (non-hydrogen) atoms. The molecule has 0 spiro atoms. The van der Waals surface area contributed by atoms with E-state index in [9.17, 15) is 4.79 Å². The lowest BCUT2D eigenvalue weighted by molar-refractivity contribution is 0.104. The molecule has 3 aromatic carbocycles. The highest BCUT2D eigenvalue weighted by Gasteiger charge is 2.05. The first kappa shape index (κ1) is 19.7. The summed E-state index contributed by atoms with van der Waals surface area (Å²) in [6, 6.07) is 22.9. The van der Waals surface area contributed by atoms with Gasteiger partial charge in [0.25, 0.3) is 0 Å². The molecule has 3 nitrogen and oxygen atoms in total. The lowest BCUT2D eigenvalue weighted by atomic mass is 10.1. The van der Waals surface area contributed by atoms with Crippen LogP contribution >= 0.6 is 11.6 Å². The second-order valence-electron chi connectivity index (χ2n) is 6.28. The zero-order chi connectivity index (χ0) is 19.9. The number of hydrogen-bond donors (Lipinski definition) is 0. The van der Waals surface area contributed by atoms with E-state index in [1.165, 1.54) is 0 Å². The van der Waals surface area contributed by atoms with E-state index in [-0.39, 0.29) is 5.78 Å². The summed E-state index contributed by atoms with van der Waals surface area (Å²) >= 11 is 5.86. The van der Waals surface area contributed by atoms with Crippen molar-refractivity contribution in [3.63, 3.8) is 0 Å². The van der Waals surface area contributed by atoms with E-state index in [4.69, 9.17) is 16.3 Å². The molecule has 0 atom stereocenters. The van der Waals surface area contributed by atoms with Crippen molar-refractivity contribution in [2.45, 2.75) is 6.92 Å². The van der Waals surface area contributed by atoms with E-state index in [0.717, 1.165) is 22.7 Å². The van der Waals surface area contributed by atoms with E-state index >= 15 is 0 Å². The molecule has 3 aromatic rings. The first-order valence-corrected chi connectivity index (χ1v) is 9.49. The summed E-state index contributed by atoms with van der Waals surface area (Å²) in [6.45, 7) is 2.63. The van der Waals surface area contributed by atoms with Crippen molar-refractivity contribution in [3.05, 3.63) is 95.0 Å². The van der Waals surface area contributed by atoms with E-state index in [1.807, 2.05) is 68.6 Å². The van der Waals surface area contributed by atoms with Crippen LogP contribution in [0.25, 0.3) is 6.08 Å². The van der Waals surface area contributed by atoms with Crippen LogP contribution < -0.4 is 9.64 Å². The highest BCUT2D eigenvalue weighted by atomic mass is 35.5. The summed E-state index contributed by atoms with van der Waals surface area (Å²) in [7, 11) is 2.02. The molecule has 0 N–H and O–H groups in total. The number of carbonyl (C=O) groups excluding carboxylic acids is 1. The Hall–Kier alpha value is -3.04. The summed E-state index contributed by atoms with van der Waals surface area (Å²) in [5.41, 5.74) is 3.72. The standard InChI is InChI=1S/C24H22ClNO2/c1-3-28-23-15-13-22(14-16-23)26(2)21-11-4-18(5-12-21)6-17-24(27)19-7-9-20(25)10-8-19/h4-17H,3H2,1-2H3. The van der Waals surface area contributed by atoms with Crippen LogP contribution in [-0.4, -0.2) is 19.4 Å². The van der Waals surface area contributed by atoms with Crippen LogP contribution in [0.2, 0.25) is 5.02 Å². The van der Waals surface area contributed by atoms with Gasteiger partial charge in [-0.1, -0.05) is 29.8 Å². The molecule has 0 aliphatic carbocycles. The predicted octanol–water partition coefficient (Wildman–Crippen LogP) is 6.40. The number of ketones is 1. The van der Waals surface area contributed by atoms with Gasteiger partial charge < -0.3 is 9.64 Å². The van der Waals surface area contributed by atoms with Crippen LogP contribution in [-0.2, 0) is 0 Å². The van der Waals surface area contributed by atoms with E-state index in [2.05, 4.69) is 4.90 Å². The highest BCUT2D eigenvalue weighted by molar-refractivity contribution is 6.30. The average Bonchev–Trinajstić information content (AvgIpc) is 2.73. The maximum absolute atomic E-state index is 12.2. The summed E-state index contributed by atoms with van der Waals surface area (Å²) in [4.78, 5) is 14.3. The Morgan fingerprint density at radius 1 is 0.929 bits per heavy atom. The van der Waals surface area contributed by atoms with Crippen LogP contribution in [0, 0.1) is 0 Å². The normalized spacial score (nSPS) is 10.8. The Kier molecular flexibility index (Phi) is 6.51. The van der Waals surface area contributed by atoms with Crippen LogP contribution in [0.4, 0.5) is 11.4 Å². The molecular formula is C24H22ClNO2. The zero-order valence-corrected chi connectivity index (χ0v) is 16.7. The maximum Gasteiger partial charge on any atom is 0.185 e. The molecule has 0 aliphatic rings. The largest absolute Gasteiger partial charge is 0.494 e. The van der Waals surface area contributed by atoms with Crippen molar-refractivity contribution in [1.29, 1.82) is 0 Å². The SMILES string of the molecule is CCOc1ccc(N(C)c2ccc(C=CC(=O)c3ccc(Cl)cc3)cc2)cc1. The number of halogens is 1. The molecule has 0 aromatic heterocycles. The third-order valence-electron chi connectivity index (χ3n) is 4.37. The molecular weight excluding hydrogens is 370 g/mol. The van der Waals surface area contributed by atoms with Gasteiger partial charge in [0.1, 0.15) is 5.75 Å². The summed E-state index contributed by atoms with van der Waals surface area (Å²) in [5, 5.41) is 0.618. The molecule has 0 saturated carbocycles. The van der Waals surface area contributed by atoms with Crippen molar-refractivity contribution in [1.82, 2.24) is 0 Å². The number of hydrogen-bond acceptors (Lipinski definition) is 3. The maximum atomic E-state index is 12.2. The first-order chi connectivity index (χ1) is 13.6. The van der Waals surface area contributed by atoms with Crippen LogP contribution in [0.5, 0.6) is 5.75 Å². The minimum absolute atomic E-state index is 0.0488. The van der Waals surface area contributed by atoms with Gasteiger partial charge >= 0.3 is 0 Å². The Bertz CT molecular complexity index is 945. The number of benzene rings is 3. The highest BCUT2D eigenvalue weighted by Crippen LogP contribution is 2.26. The molecule has 0 amide bonds. The van der Waals surface area contributed by atoms with Gasteiger partial charge in [0.15, 0.2) is 5.78 Å². The second-order valence-corrected chi connectivity index (χ2v) is 6.72. The van der Waals surface area contributed by atoms with Gasteiger partial charge in [0.2, 0.25) is 0 Å². The minimum atomic E-state index is -0.0488. The third kappa shape index (κ3) is 5.02. The average molecular weight is 392 g/mol. The smallest absolute Gasteiger partial charge is 0.185 e. The zero-order valence-electron chi connectivity index (χ0n) is 15.9. The predicted molar refractivity (Wildman–Crippen MR) is 117 cm³/mol. The molecule has 0 fully saturated rings. The number of allylic oxidation sites excluding steroid dienone is 1. The van der Waals surface area contributed by atoms with E-state index in [0.29, 0.717) is 17.2 Å². The van der Waals surface area contributed by atoms with E-state index in [1.54, 1.807) is 30.3 Å². The molecule has 0 heterocycles. The van der Waals surface area contributed by atoms with Crippen molar-refractivity contribution < 1.29 is 9.53 Å². The lowest BCUT2D eigenvalue weighted by Crippen LogP contribution is -2.09. The molecule has 3 rings (SSSR count). The fourth-order valence-electron chi connectivity index (χ4n) is 2.77. The van der Waals surface area contributed by atoms with Gasteiger partial charge in [-0.3, -0.25) is 4.79 Å². The molecule has 0 aliphatic heterocycles. The van der Waals surface area contributed by atoms with Gasteiger partial charge in [0, 0.05) is 29.0 Å². The van der Waals surface area contributed by atoms with E-state index < -0.39 is 0 Å². The summed E-state index contributed by atoms with van der Waals surface area (Å²) < 4.78 is 5.49. The first-order valence-electron chi connectivity index (χ1n) is 9.11. The Morgan fingerprint density at radius 2 is 1.50 bits per heavy atom. The monoisotopic (exact) mass is 391 g/mol. The fraction of sp³-hybridized carbons (Fsp3) is 0.125. The molecule has 4 heteroatoms. The minimum Gasteiger partial charge on any atom is -0.494 e. The number of rotatable bonds is 7. The van der Waals surface area contributed by atoms with Crippen molar-refractivity contribution in [2.75, 3.05) is 18.6 Å². The van der Waals surface area contributed by atoms with Crippen LogP contribution in [0.3, 0.4) is 0 Å². The summed E-state index contributed by atoms with van der Waals surface area (Å²) in [6.07, 6.45) is 3.39. The number of nitrogens with zero attached hydrogens (tertiary/aromatic N) is 1. The Labute approximate surface area is 170 Å². The Balaban J connectivity index is 1.67. The Morgan fingerprint density at radius 3 is 2.07 bits per heavy atom. The quantitative estimate of drug-likeness (QED) is 0.344. The lowest BCUT2D eigenvalue weighted by Gasteiger charge is -2.20. The third-order valence-corrected chi connectivity index (χ3v) is 4.62. The van der Waals surface area contributed by atoms with Crippen molar-refractivity contribution >= 4 is 34.8 Å². The number of ether oxygens (including phenoxy) is 1. The van der Waals surface area contributed by atoms with Crippen LogP contribution in [0.15, 0.2) is 78.9 Å².